The lowest BCUT2D eigenvalue weighted by Gasteiger charge is -2.14. The zero-order valence-corrected chi connectivity index (χ0v) is 12.8. The van der Waals surface area contributed by atoms with Crippen LogP contribution in [-0.4, -0.2) is 19.9 Å². The van der Waals surface area contributed by atoms with E-state index in [-0.39, 0.29) is 6.04 Å². The molecule has 1 atom stereocenters. The van der Waals surface area contributed by atoms with Gasteiger partial charge in [0.25, 0.3) is 0 Å². The van der Waals surface area contributed by atoms with Crippen molar-refractivity contribution in [2.75, 3.05) is 10.6 Å². The number of benzene rings is 1. The summed E-state index contributed by atoms with van der Waals surface area (Å²) in [5.74, 6) is 1.26. The topological polar surface area (TPSA) is 75.6 Å². The summed E-state index contributed by atoms with van der Waals surface area (Å²) in [7, 11) is 0. The monoisotopic (exact) mass is 306 g/mol. The highest BCUT2D eigenvalue weighted by Gasteiger charge is 2.06. The van der Waals surface area contributed by atoms with Crippen LogP contribution in [0, 0.1) is 0 Å². The molecule has 0 amide bonds. The molecular weight excluding hydrogens is 288 g/mol. The molecule has 0 saturated carbocycles. The molecule has 1 unspecified atom stereocenters. The van der Waals surface area contributed by atoms with Crippen LogP contribution in [0.25, 0.3) is 0 Å². The summed E-state index contributed by atoms with van der Waals surface area (Å²) in [5.41, 5.74) is 2.35. The van der Waals surface area contributed by atoms with Crippen molar-refractivity contribution in [2.24, 2.45) is 0 Å². The molecule has 0 saturated heterocycles. The molecule has 6 heteroatoms. The Balaban J connectivity index is 1.58. The van der Waals surface area contributed by atoms with Gasteiger partial charge >= 0.3 is 0 Å². The van der Waals surface area contributed by atoms with Crippen LogP contribution in [0.3, 0.4) is 0 Å². The van der Waals surface area contributed by atoms with Gasteiger partial charge in [0.15, 0.2) is 0 Å². The largest absolute Gasteiger partial charge is 0.350 e. The molecule has 6 nitrogen and oxygen atoms in total. The lowest BCUT2D eigenvalue weighted by Crippen LogP contribution is -2.09. The van der Waals surface area contributed by atoms with E-state index in [4.69, 9.17) is 0 Å². The molecule has 23 heavy (non-hydrogen) atoms. The first kappa shape index (κ1) is 14.9. The summed E-state index contributed by atoms with van der Waals surface area (Å²) < 4.78 is 0. The molecule has 0 bridgehead atoms. The fourth-order valence-electron chi connectivity index (χ4n) is 2.15. The third-order valence-corrected chi connectivity index (χ3v) is 3.41. The molecule has 3 rings (SSSR count). The lowest BCUT2D eigenvalue weighted by molar-refractivity contribution is 0.859. The molecule has 0 fully saturated rings. The highest BCUT2D eigenvalue weighted by Crippen LogP contribution is 2.17. The number of hydrogen-bond acceptors (Lipinski definition) is 6. The van der Waals surface area contributed by atoms with Crippen LogP contribution in [-0.2, 0) is 6.54 Å². The van der Waals surface area contributed by atoms with Gasteiger partial charge in [-0.25, -0.2) is 19.9 Å². The van der Waals surface area contributed by atoms with Crippen molar-refractivity contribution in [3.8, 4) is 0 Å². The highest BCUT2D eigenvalue weighted by atomic mass is 15.1. The molecule has 2 N–H and O–H groups in total. The average Bonchev–Trinajstić information content (AvgIpc) is 2.62. The molecule has 2 heterocycles. The van der Waals surface area contributed by atoms with Gasteiger partial charge in [-0.3, -0.25) is 0 Å². The van der Waals surface area contributed by atoms with Gasteiger partial charge in [0.2, 0.25) is 11.9 Å². The van der Waals surface area contributed by atoms with E-state index in [9.17, 15) is 0 Å². The van der Waals surface area contributed by atoms with Gasteiger partial charge in [-0.1, -0.05) is 24.3 Å². The quantitative estimate of drug-likeness (QED) is 0.729. The zero-order valence-electron chi connectivity index (χ0n) is 12.8. The van der Waals surface area contributed by atoms with Crippen molar-refractivity contribution in [3.63, 3.8) is 0 Å². The molecule has 0 aliphatic heterocycles. The van der Waals surface area contributed by atoms with Gasteiger partial charge in [-0.2, -0.15) is 0 Å². The third-order valence-electron chi connectivity index (χ3n) is 3.41. The standard InChI is InChI=1S/C17H18N6/c1-13(23-17-20-10-3-11-21-17)15-6-4-14(5-7-15)12-22-16-18-8-2-9-19-16/h2-11,13H,12H2,1H3,(H,18,19,22)(H,20,21,23). The van der Waals surface area contributed by atoms with Crippen molar-refractivity contribution >= 4 is 11.9 Å². The van der Waals surface area contributed by atoms with Gasteiger partial charge in [0.05, 0.1) is 6.04 Å². The van der Waals surface area contributed by atoms with Crippen LogP contribution in [0.4, 0.5) is 11.9 Å². The van der Waals surface area contributed by atoms with Crippen LogP contribution in [0.1, 0.15) is 24.1 Å². The summed E-state index contributed by atoms with van der Waals surface area (Å²) in [5, 5.41) is 6.47. The Labute approximate surface area is 135 Å². The van der Waals surface area contributed by atoms with E-state index >= 15 is 0 Å². The fourth-order valence-corrected chi connectivity index (χ4v) is 2.15. The van der Waals surface area contributed by atoms with Crippen molar-refractivity contribution < 1.29 is 0 Å². The molecule has 1 aromatic carbocycles. The highest BCUT2D eigenvalue weighted by molar-refractivity contribution is 5.33. The van der Waals surface area contributed by atoms with Crippen LogP contribution in [0.15, 0.2) is 61.2 Å². The van der Waals surface area contributed by atoms with Crippen LogP contribution >= 0.6 is 0 Å². The Hall–Kier alpha value is -3.02. The molecule has 0 spiro atoms. The maximum Gasteiger partial charge on any atom is 0.223 e. The first-order chi connectivity index (χ1) is 11.3. The minimum Gasteiger partial charge on any atom is -0.350 e. The molecule has 2 aromatic heterocycles. The van der Waals surface area contributed by atoms with Gasteiger partial charge in [0, 0.05) is 31.3 Å². The summed E-state index contributed by atoms with van der Waals surface area (Å²) in [6.07, 6.45) is 6.89. The second kappa shape index (κ2) is 7.31. The predicted octanol–water partition coefficient (Wildman–Crippen LogP) is 3.05. The van der Waals surface area contributed by atoms with Gasteiger partial charge in [-0.15, -0.1) is 0 Å². The molecule has 0 aliphatic rings. The zero-order chi connectivity index (χ0) is 15.9. The minimum absolute atomic E-state index is 0.136. The second-order valence-electron chi connectivity index (χ2n) is 5.11. The molecule has 116 valence electrons. The van der Waals surface area contributed by atoms with Gasteiger partial charge in [-0.05, 0) is 30.2 Å². The Morgan fingerprint density at radius 3 is 2.00 bits per heavy atom. The number of nitrogens with one attached hydrogen (secondary N) is 2. The summed E-state index contributed by atoms with van der Waals surface area (Å²) in [4.78, 5) is 16.6. The van der Waals surface area contributed by atoms with Crippen molar-refractivity contribution in [1.29, 1.82) is 0 Å². The molecule has 3 aromatic rings. The summed E-state index contributed by atoms with van der Waals surface area (Å²) in [6.45, 7) is 2.77. The number of nitrogens with zero attached hydrogens (tertiary/aromatic N) is 4. The molecule has 0 aliphatic carbocycles. The van der Waals surface area contributed by atoms with E-state index in [0.717, 1.165) is 0 Å². The lowest BCUT2D eigenvalue weighted by atomic mass is 10.1. The van der Waals surface area contributed by atoms with Crippen LogP contribution < -0.4 is 10.6 Å². The van der Waals surface area contributed by atoms with Gasteiger partial charge < -0.3 is 10.6 Å². The number of hydrogen-bond donors (Lipinski definition) is 2. The van der Waals surface area contributed by atoms with E-state index in [1.807, 2.05) is 0 Å². The third kappa shape index (κ3) is 4.23. The Bertz CT molecular complexity index is 715. The Kier molecular flexibility index (Phi) is 4.73. The normalized spacial score (nSPS) is 11.7. The molecular formula is C17H18N6. The Morgan fingerprint density at radius 2 is 1.39 bits per heavy atom. The van der Waals surface area contributed by atoms with Crippen LogP contribution in [0.2, 0.25) is 0 Å². The van der Waals surface area contributed by atoms with Crippen molar-refractivity contribution in [1.82, 2.24) is 19.9 Å². The average molecular weight is 306 g/mol. The smallest absolute Gasteiger partial charge is 0.223 e. The van der Waals surface area contributed by atoms with Crippen molar-refractivity contribution in [3.05, 3.63) is 72.3 Å². The number of anilines is 2. The SMILES string of the molecule is CC(Nc1ncccn1)c1ccc(CNc2ncccn2)cc1. The van der Waals surface area contributed by atoms with E-state index in [0.29, 0.717) is 18.4 Å². The van der Waals surface area contributed by atoms with E-state index < -0.39 is 0 Å². The molecule has 0 radical (unpaired) electrons. The number of rotatable bonds is 6. The summed E-state index contributed by atoms with van der Waals surface area (Å²) in [6, 6.07) is 12.1. The predicted molar refractivity (Wildman–Crippen MR) is 89.9 cm³/mol. The van der Waals surface area contributed by atoms with Gasteiger partial charge in [0.1, 0.15) is 0 Å². The van der Waals surface area contributed by atoms with Crippen molar-refractivity contribution in [2.45, 2.75) is 19.5 Å². The first-order valence-electron chi connectivity index (χ1n) is 7.44. The van der Waals surface area contributed by atoms with E-state index in [1.165, 1.54) is 11.1 Å². The first-order valence-corrected chi connectivity index (χ1v) is 7.44. The Morgan fingerprint density at radius 1 is 0.826 bits per heavy atom. The van der Waals surface area contributed by atoms with E-state index in [2.05, 4.69) is 61.8 Å². The maximum absolute atomic E-state index is 4.18. The van der Waals surface area contributed by atoms with E-state index in [1.54, 1.807) is 36.9 Å². The maximum atomic E-state index is 4.18. The minimum atomic E-state index is 0.136. The van der Waals surface area contributed by atoms with Crippen LogP contribution in [0.5, 0.6) is 0 Å². The second-order valence-corrected chi connectivity index (χ2v) is 5.11. The number of aromatic nitrogens is 4. The summed E-state index contributed by atoms with van der Waals surface area (Å²) >= 11 is 0. The fraction of sp³-hybridized carbons (Fsp3) is 0.176.